The van der Waals surface area contributed by atoms with Crippen LogP contribution in [0.4, 0.5) is 5.69 Å². The Morgan fingerprint density at radius 3 is 2.50 bits per heavy atom. The zero-order valence-corrected chi connectivity index (χ0v) is 12.4. The Kier molecular flexibility index (Phi) is 5.48. The second kappa shape index (κ2) is 7.78. The molecule has 0 bridgehead atoms. The van der Waals surface area contributed by atoms with Crippen molar-refractivity contribution >= 4 is 17.7 Å². The Morgan fingerprint density at radius 2 is 1.91 bits per heavy atom. The monoisotopic (exact) mass is 299 g/mol. The van der Waals surface area contributed by atoms with Crippen LogP contribution in [-0.4, -0.2) is 29.6 Å². The van der Waals surface area contributed by atoms with Crippen molar-refractivity contribution < 1.29 is 14.3 Å². The molecule has 22 heavy (non-hydrogen) atoms. The molecule has 0 atom stereocenters. The molecule has 1 amide bonds. The van der Waals surface area contributed by atoms with Gasteiger partial charge in [0.25, 0.3) is 0 Å². The smallest absolute Gasteiger partial charge is 0.316 e. The van der Waals surface area contributed by atoms with Gasteiger partial charge < -0.3 is 14.8 Å². The summed E-state index contributed by atoms with van der Waals surface area (Å²) in [6.07, 6.45) is 6.15. The maximum absolute atomic E-state index is 11.8. The van der Waals surface area contributed by atoms with E-state index in [1.807, 2.05) is 31.2 Å². The van der Waals surface area contributed by atoms with Crippen LogP contribution in [0.1, 0.15) is 12.5 Å². The molecule has 0 spiro atoms. The molecule has 0 radical (unpaired) electrons. The van der Waals surface area contributed by atoms with Crippen molar-refractivity contribution in [2.45, 2.75) is 6.92 Å². The van der Waals surface area contributed by atoms with Gasteiger partial charge in [-0.25, -0.2) is 9.97 Å². The van der Waals surface area contributed by atoms with Gasteiger partial charge >= 0.3 is 6.01 Å². The van der Waals surface area contributed by atoms with Crippen LogP contribution in [0.25, 0.3) is 6.08 Å². The first-order valence-corrected chi connectivity index (χ1v) is 6.79. The molecule has 0 saturated carbocycles. The highest BCUT2D eigenvalue weighted by Gasteiger charge is 2.01. The Morgan fingerprint density at radius 1 is 1.23 bits per heavy atom. The van der Waals surface area contributed by atoms with Gasteiger partial charge in [0.2, 0.25) is 5.91 Å². The van der Waals surface area contributed by atoms with Gasteiger partial charge in [0.05, 0.1) is 31.8 Å². The van der Waals surface area contributed by atoms with Crippen LogP contribution >= 0.6 is 0 Å². The van der Waals surface area contributed by atoms with Crippen LogP contribution in [0, 0.1) is 0 Å². The van der Waals surface area contributed by atoms with Crippen molar-refractivity contribution in [2.24, 2.45) is 0 Å². The van der Waals surface area contributed by atoms with E-state index >= 15 is 0 Å². The van der Waals surface area contributed by atoms with Gasteiger partial charge in [-0.05, 0) is 30.7 Å². The third kappa shape index (κ3) is 4.59. The summed E-state index contributed by atoms with van der Waals surface area (Å²) in [5.41, 5.74) is 1.41. The predicted molar refractivity (Wildman–Crippen MR) is 83.9 cm³/mol. The first-order chi connectivity index (χ1) is 10.7. The van der Waals surface area contributed by atoms with E-state index in [2.05, 4.69) is 15.3 Å². The average molecular weight is 299 g/mol. The van der Waals surface area contributed by atoms with E-state index in [0.29, 0.717) is 12.3 Å². The van der Waals surface area contributed by atoms with Crippen LogP contribution in [0.5, 0.6) is 11.8 Å². The Hall–Kier alpha value is -2.89. The summed E-state index contributed by atoms with van der Waals surface area (Å²) in [5, 5.41) is 2.67. The molecule has 0 unspecified atom stereocenters. The van der Waals surface area contributed by atoms with E-state index in [4.69, 9.17) is 9.47 Å². The summed E-state index contributed by atoms with van der Waals surface area (Å²) >= 11 is 0. The van der Waals surface area contributed by atoms with Crippen molar-refractivity contribution in [3.8, 4) is 11.8 Å². The molecule has 1 heterocycles. The van der Waals surface area contributed by atoms with Gasteiger partial charge in [0.1, 0.15) is 5.75 Å². The number of anilines is 1. The lowest BCUT2D eigenvalue weighted by Crippen LogP contribution is -2.08. The zero-order valence-electron chi connectivity index (χ0n) is 12.4. The lowest BCUT2D eigenvalue weighted by Gasteiger charge is -2.03. The summed E-state index contributed by atoms with van der Waals surface area (Å²) in [7, 11) is 1.61. The number of carbonyl (C=O) groups excluding carboxylic acids is 1. The topological polar surface area (TPSA) is 73.3 Å². The molecule has 6 heteroatoms. The van der Waals surface area contributed by atoms with E-state index in [1.165, 1.54) is 18.5 Å². The zero-order chi connectivity index (χ0) is 15.8. The van der Waals surface area contributed by atoms with Crippen molar-refractivity contribution in [3.63, 3.8) is 0 Å². The number of ether oxygens (including phenoxy) is 2. The Labute approximate surface area is 128 Å². The molecule has 6 nitrogen and oxygen atoms in total. The summed E-state index contributed by atoms with van der Waals surface area (Å²) in [4.78, 5) is 19.8. The number of carbonyl (C=O) groups is 1. The molecule has 1 aromatic carbocycles. The molecule has 2 aromatic rings. The fraction of sp³-hybridized carbons (Fsp3) is 0.188. The minimum atomic E-state index is -0.261. The van der Waals surface area contributed by atoms with Gasteiger partial charge in [-0.1, -0.05) is 12.1 Å². The number of methoxy groups -OCH3 is 1. The molecular weight excluding hydrogens is 282 g/mol. The van der Waals surface area contributed by atoms with Gasteiger partial charge in [0.15, 0.2) is 0 Å². The number of nitrogens with zero attached hydrogens (tertiary/aromatic N) is 2. The quantitative estimate of drug-likeness (QED) is 0.830. The summed E-state index contributed by atoms with van der Waals surface area (Å²) < 4.78 is 10.2. The number of hydrogen-bond donors (Lipinski definition) is 1. The summed E-state index contributed by atoms with van der Waals surface area (Å²) in [5.74, 6) is 0.511. The first kappa shape index (κ1) is 15.5. The number of amides is 1. The molecule has 114 valence electrons. The Bertz CT molecular complexity index is 637. The lowest BCUT2D eigenvalue weighted by atomic mass is 10.2. The standard InChI is InChI=1S/C16H17N3O3/c1-3-22-16-17-10-13(11-18-16)19-15(20)9-6-12-4-7-14(21-2)8-5-12/h4-11H,3H2,1-2H3,(H,19,20)/b9-6+. The minimum Gasteiger partial charge on any atom is -0.497 e. The summed E-state index contributed by atoms with van der Waals surface area (Å²) in [6.45, 7) is 2.35. The van der Waals surface area contributed by atoms with Crippen molar-refractivity contribution in [1.82, 2.24) is 9.97 Å². The summed E-state index contributed by atoms with van der Waals surface area (Å²) in [6, 6.07) is 7.68. The molecule has 0 saturated heterocycles. The van der Waals surface area contributed by atoms with E-state index in [-0.39, 0.29) is 11.9 Å². The number of nitrogens with one attached hydrogen (secondary N) is 1. The maximum atomic E-state index is 11.8. The normalized spacial score (nSPS) is 10.5. The third-order valence-corrected chi connectivity index (χ3v) is 2.71. The van der Waals surface area contributed by atoms with E-state index < -0.39 is 0 Å². The number of rotatable bonds is 6. The second-order valence-electron chi connectivity index (χ2n) is 4.28. The molecule has 2 rings (SSSR count). The highest BCUT2D eigenvalue weighted by Crippen LogP contribution is 2.12. The first-order valence-electron chi connectivity index (χ1n) is 6.79. The van der Waals surface area contributed by atoms with E-state index in [9.17, 15) is 4.79 Å². The number of hydrogen-bond acceptors (Lipinski definition) is 5. The fourth-order valence-corrected chi connectivity index (χ4v) is 1.66. The number of aromatic nitrogens is 2. The van der Waals surface area contributed by atoms with Crippen molar-refractivity contribution in [3.05, 3.63) is 48.3 Å². The molecule has 0 aliphatic heterocycles. The van der Waals surface area contributed by atoms with Gasteiger partial charge in [-0.15, -0.1) is 0 Å². The maximum Gasteiger partial charge on any atom is 0.316 e. The highest BCUT2D eigenvalue weighted by molar-refractivity contribution is 6.01. The second-order valence-corrected chi connectivity index (χ2v) is 4.28. The van der Waals surface area contributed by atoms with Crippen molar-refractivity contribution in [1.29, 1.82) is 0 Å². The van der Waals surface area contributed by atoms with E-state index in [1.54, 1.807) is 13.2 Å². The SMILES string of the molecule is CCOc1ncc(NC(=O)/C=C/c2ccc(OC)cc2)cn1. The highest BCUT2D eigenvalue weighted by atomic mass is 16.5. The Balaban J connectivity index is 1.92. The van der Waals surface area contributed by atoms with Crippen LogP contribution in [0.2, 0.25) is 0 Å². The van der Waals surface area contributed by atoms with Crippen LogP contribution in [0.15, 0.2) is 42.7 Å². The molecule has 1 aromatic heterocycles. The molecule has 0 aliphatic carbocycles. The van der Waals surface area contributed by atoms with Crippen LogP contribution in [0.3, 0.4) is 0 Å². The van der Waals surface area contributed by atoms with Gasteiger partial charge in [-0.2, -0.15) is 0 Å². The molecule has 0 aliphatic rings. The molecular formula is C16H17N3O3. The third-order valence-electron chi connectivity index (χ3n) is 2.71. The van der Waals surface area contributed by atoms with Crippen molar-refractivity contribution in [2.75, 3.05) is 19.0 Å². The molecule has 1 N–H and O–H groups in total. The van der Waals surface area contributed by atoms with Crippen LogP contribution < -0.4 is 14.8 Å². The van der Waals surface area contributed by atoms with Gasteiger partial charge in [-0.3, -0.25) is 4.79 Å². The number of benzene rings is 1. The average Bonchev–Trinajstić information content (AvgIpc) is 2.55. The minimum absolute atomic E-state index is 0.261. The molecule has 0 fully saturated rings. The van der Waals surface area contributed by atoms with Gasteiger partial charge in [0, 0.05) is 6.08 Å². The van der Waals surface area contributed by atoms with E-state index in [0.717, 1.165) is 11.3 Å². The lowest BCUT2D eigenvalue weighted by molar-refractivity contribution is -0.111. The largest absolute Gasteiger partial charge is 0.497 e. The van der Waals surface area contributed by atoms with Crippen LogP contribution in [-0.2, 0) is 4.79 Å². The fourth-order valence-electron chi connectivity index (χ4n) is 1.66. The predicted octanol–water partition coefficient (Wildman–Crippen LogP) is 2.54.